The summed E-state index contributed by atoms with van der Waals surface area (Å²) >= 11 is 6.02. The molecule has 1 aliphatic carbocycles. The first kappa shape index (κ1) is 13.1. The predicted molar refractivity (Wildman–Crippen MR) is 83.3 cm³/mol. The van der Waals surface area contributed by atoms with Crippen molar-refractivity contribution in [1.29, 1.82) is 0 Å². The van der Waals surface area contributed by atoms with Crippen LogP contribution in [0.25, 0.3) is 11.6 Å². The number of rotatable bonds is 2. The Morgan fingerprint density at radius 1 is 1.10 bits per heavy atom. The molecule has 0 amide bonds. The minimum atomic E-state index is -0.171. The van der Waals surface area contributed by atoms with Crippen molar-refractivity contribution in [2.45, 2.75) is 13.3 Å². The zero-order chi connectivity index (χ0) is 14.1. The smallest absolute Gasteiger partial charge is 0.123 e. The largest absolute Gasteiger partial charge is 0.207 e. The topological polar surface area (TPSA) is 0 Å². The van der Waals surface area contributed by atoms with Gasteiger partial charge in [-0.15, -0.1) is 0 Å². The average molecular weight is 285 g/mol. The van der Waals surface area contributed by atoms with Gasteiger partial charge < -0.3 is 0 Å². The fraction of sp³-hybridized carbons (Fsp3) is 0.111. The number of fused-ring (bicyclic) bond motifs is 1. The molecular formula is C18H14ClF. The van der Waals surface area contributed by atoms with Crippen molar-refractivity contribution in [3.05, 3.63) is 81.6 Å². The molecule has 0 saturated heterocycles. The SMILES string of the molecule is Cc1cc(/C=C/C2=CCc3cc(F)ccc32)ccc1Cl. The van der Waals surface area contributed by atoms with Gasteiger partial charge in [-0.3, -0.25) is 0 Å². The molecule has 0 N–H and O–H groups in total. The van der Waals surface area contributed by atoms with Crippen LogP contribution in [0, 0.1) is 12.7 Å². The van der Waals surface area contributed by atoms with Crippen molar-refractivity contribution in [1.82, 2.24) is 0 Å². The Morgan fingerprint density at radius 3 is 2.75 bits per heavy atom. The highest BCUT2D eigenvalue weighted by Gasteiger charge is 2.12. The third-order valence-electron chi connectivity index (χ3n) is 3.56. The first-order chi connectivity index (χ1) is 9.63. The lowest BCUT2D eigenvalue weighted by Gasteiger charge is -2.02. The summed E-state index contributed by atoms with van der Waals surface area (Å²) in [7, 11) is 0. The summed E-state index contributed by atoms with van der Waals surface area (Å²) < 4.78 is 13.2. The van der Waals surface area contributed by atoms with Gasteiger partial charge in [-0.25, -0.2) is 4.39 Å². The molecule has 0 spiro atoms. The number of aryl methyl sites for hydroxylation is 1. The number of halogens is 2. The van der Waals surface area contributed by atoms with E-state index in [1.54, 1.807) is 6.07 Å². The van der Waals surface area contributed by atoms with Crippen LogP contribution in [0.4, 0.5) is 4.39 Å². The molecule has 0 fully saturated rings. The van der Waals surface area contributed by atoms with Gasteiger partial charge in [-0.05, 0) is 59.4 Å². The van der Waals surface area contributed by atoms with Crippen LogP contribution < -0.4 is 0 Å². The molecule has 0 unspecified atom stereocenters. The number of hydrogen-bond donors (Lipinski definition) is 0. The standard InChI is InChI=1S/C18H14ClF/c1-12-10-13(3-9-18(12)19)2-4-14-5-6-15-11-16(20)7-8-17(14)15/h2-5,7-11H,6H2,1H3/b4-2+. The second-order valence-electron chi connectivity index (χ2n) is 5.01. The van der Waals surface area contributed by atoms with Gasteiger partial charge in [0, 0.05) is 5.02 Å². The molecule has 0 heterocycles. The molecule has 0 atom stereocenters. The van der Waals surface area contributed by atoms with Crippen LogP contribution in [0.2, 0.25) is 5.02 Å². The molecule has 0 radical (unpaired) electrons. The van der Waals surface area contributed by atoms with Crippen molar-refractivity contribution in [2.75, 3.05) is 0 Å². The van der Waals surface area contributed by atoms with Gasteiger partial charge in [0.25, 0.3) is 0 Å². The van der Waals surface area contributed by atoms with E-state index in [0.717, 1.165) is 39.3 Å². The van der Waals surface area contributed by atoms with Gasteiger partial charge in [-0.1, -0.05) is 48.0 Å². The number of allylic oxidation sites excluding steroid dienone is 3. The van der Waals surface area contributed by atoms with Gasteiger partial charge in [0.05, 0.1) is 0 Å². The predicted octanol–water partition coefficient (Wildman–Crippen LogP) is 5.44. The van der Waals surface area contributed by atoms with E-state index in [2.05, 4.69) is 24.3 Å². The third-order valence-corrected chi connectivity index (χ3v) is 3.98. The van der Waals surface area contributed by atoms with E-state index in [1.165, 1.54) is 6.07 Å². The molecule has 1 aliphatic rings. The highest BCUT2D eigenvalue weighted by Crippen LogP contribution is 2.29. The fourth-order valence-corrected chi connectivity index (χ4v) is 2.58. The second kappa shape index (κ2) is 5.26. The summed E-state index contributed by atoms with van der Waals surface area (Å²) in [4.78, 5) is 0. The fourth-order valence-electron chi connectivity index (χ4n) is 2.46. The summed E-state index contributed by atoms with van der Waals surface area (Å²) in [5.74, 6) is -0.171. The monoisotopic (exact) mass is 284 g/mol. The molecular weight excluding hydrogens is 271 g/mol. The van der Waals surface area contributed by atoms with Gasteiger partial charge in [0.1, 0.15) is 5.82 Å². The molecule has 0 saturated carbocycles. The molecule has 100 valence electrons. The normalized spacial score (nSPS) is 13.7. The Labute approximate surface area is 123 Å². The van der Waals surface area contributed by atoms with Gasteiger partial charge in [0.15, 0.2) is 0 Å². The highest BCUT2D eigenvalue weighted by atomic mass is 35.5. The Balaban J connectivity index is 1.86. The van der Waals surface area contributed by atoms with Crippen LogP contribution in [0.1, 0.15) is 22.3 Å². The van der Waals surface area contributed by atoms with E-state index < -0.39 is 0 Å². The van der Waals surface area contributed by atoms with E-state index >= 15 is 0 Å². The van der Waals surface area contributed by atoms with Crippen LogP contribution in [-0.2, 0) is 6.42 Å². The van der Waals surface area contributed by atoms with Crippen LogP contribution in [0.5, 0.6) is 0 Å². The quantitative estimate of drug-likeness (QED) is 0.689. The van der Waals surface area contributed by atoms with Gasteiger partial charge in [0.2, 0.25) is 0 Å². The minimum absolute atomic E-state index is 0.171. The first-order valence-corrected chi connectivity index (χ1v) is 6.94. The lowest BCUT2D eigenvalue weighted by atomic mass is 10.0. The zero-order valence-electron chi connectivity index (χ0n) is 11.2. The molecule has 2 aromatic carbocycles. The Bertz CT molecular complexity index is 726. The Hall–Kier alpha value is -1.86. The van der Waals surface area contributed by atoms with Crippen LogP contribution in [-0.4, -0.2) is 0 Å². The van der Waals surface area contributed by atoms with E-state index in [1.807, 2.05) is 25.1 Å². The maximum absolute atomic E-state index is 13.2. The molecule has 2 heteroatoms. The summed E-state index contributed by atoms with van der Waals surface area (Å²) in [6, 6.07) is 10.9. The molecule has 0 aliphatic heterocycles. The van der Waals surface area contributed by atoms with E-state index in [-0.39, 0.29) is 5.82 Å². The van der Waals surface area contributed by atoms with E-state index in [0.29, 0.717) is 0 Å². The van der Waals surface area contributed by atoms with Crippen molar-refractivity contribution in [3.8, 4) is 0 Å². The Kier molecular flexibility index (Phi) is 3.45. The molecule has 0 nitrogen and oxygen atoms in total. The summed E-state index contributed by atoms with van der Waals surface area (Å²) in [5, 5.41) is 0.781. The summed E-state index contributed by atoms with van der Waals surface area (Å²) in [5.41, 5.74) is 5.50. The lowest BCUT2D eigenvalue weighted by Crippen LogP contribution is -1.85. The minimum Gasteiger partial charge on any atom is -0.207 e. The summed E-state index contributed by atoms with van der Waals surface area (Å²) in [6.07, 6.45) is 7.07. The average Bonchev–Trinajstić information content (AvgIpc) is 2.82. The third kappa shape index (κ3) is 2.54. The highest BCUT2D eigenvalue weighted by molar-refractivity contribution is 6.31. The summed E-state index contributed by atoms with van der Waals surface area (Å²) in [6.45, 7) is 1.99. The van der Waals surface area contributed by atoms with Crippen LogP contribution in [0.15, 0.2) is 48.6 Å². The van der Waals surface area contributed by atoms with Crippen LogP contribution >= 0.6 is 11.6 Å². The van der Waals surface area contributed by atoms with E-state index in [9.17, 15) is 4.39 Å². The molecule has 20 heavy (non-hydrogen) atoms. The number of hydrogen-bond acceptors (Lipinski definition) is 0. The van der Waals surface area contributed by atoms with Gasteiger partial charge in [-0.2, -0.15) is 0 Å². The molecule has 3 rings (SSSR count). The van der Waals surface area contributed by atoms with Crippen molar-refractivity contribution < 1.29 is 4.39 Å². The van der Waals surface area contributed by atoms with E-state index in [4.69, 9.17) is 11.6 Å². The maximum Gasteiger partial charge on any atom is 0.123 e. The number of benzene rings is 2. The van der Waals surface area contributed by atoms with Crippen molar-refractivity contribution in [3.63, 3.8) is 0 Å². The lowest BCUT2D eigenvalue weighted by molar-refractivity contribution is 0.626. The van der Waals surface area contributed by atoms with Gasteiger partial charge >= 0.3 is 0 Å². The first-order valence-electron chi connectivity index (χ1n) is 6.57. The van der Waals surface area contributed by atoms with Crippen molar-refractivity contribution in [2.24, 2.45) is 0 Å². The molecule has 0 aromatic heterocycles. The van der Waals surface area contributed by atoms with Crippen LogP contribution in [0.3, 0.4) is 0 Å². The second-order valence-corrected chi connectivity index (χ2v) is 5.41. The van der Waals surface area contributed by atoms with Crippen molar-refractivity contribution >= 4 is 23.3 Å². The maximum atomic E-state index is 13.2. The molecule has 2 aromatic rings. The Morgan fingerprint density at radius 2 is 1.95 bits per heavy atom. The zero-order valence-corrected chi connectivity index (χ0v) is 11.9. The molecule has 0 bridgehead atoms.